The van der Waals surface area contributed by atoms with Crippen molar-refractivity contribution < 1.29 is 19.1 Å². The molecule has 2 fully saturated rings. The molecule has 2 aromatic rings. The highest BCUT2D eigenvalue weighted by Crippen LogP contribution is 2.32. The number of rotatable bonds is 6. The van der Waals surface area contributed by atoms with Crippen LogP contribution >= 0.6 is 0 Å². The molecule has 2 aliphatic rings. The highest BCUT2D eigenvalue weighted by Gasteiger charge is 2.33. The van der Waals surface area contributed by atoms with Crippen molar-refractivity contribution in [2.24, 2.45) is 0 Å². The number of benzene rings is 1. The van der Waals surface area contributed by atoms with Gasteiger partial charge in [-0.05, 0) is 24.3 Å². The first-order valence-corrected chi connectivity index (χ1v) is 10.3. The Hall–Kier alpha value is -3.49. The molecule has 9 nitrogen and oxygen atoms in total. The fourth-order valence-corrected chi connectivity index (χ4v) is 3.95. The van der Waals surface area contributed by atoms with E-state index in [1.54, 1.807) is 42.3 Å². The van der Waals surface area contributed by atoms with Gasteiger partial charge in [0.1, 0.15) is 12.4 Å². The lowest BCUT2D eigenvalue weighted by molar-refractivity contribution is -0.131. The van der Waals surface area contributed by atoms with E-state index in [0.29, 0.717) is 37.7 Å². The van der Waals surface area contributed by atoms with E-state index in [1.807, 2.05) is 29.2 Å². The second-order valence-corrected chi connectivity index (χ2v) is 7.45. The molecule has 0 radical (unpaired) electrons. The molecule has 0 atom stereocenters. The van der Waals surface area contributed by atoms with Crippen LogP contribution in [0.15, 0.2) is 42.6 Å². The molecule has 2 saturated heterocycles. The van der Waals surface area contributed by atoms with Gasteiger partial charge in [-0.3, -0.25) is 9.69 Å². The number of nitrogens with zero attached hydrogens (tertiary/aromatic N) is 5. The molecule has 0 saturated carbocycles. The number of amides is 3. The number of hydrogen-bond donors (Lipinski definition) is 0. The van der Waals surface area contributed by atoms with Crippen molar-refractivity contribution in [3.8, 4) is 11.5 Å². The number of ether oxygens (including phenoxy) is 2. The molecule has 1 aromatic heterocycles. The van der Waals surface area contributed by atoms with Gasteiger partial charge in [0.05, 0.1) is 14.2 Å². The number of urea groups is 1. The summed E-state index contributed by atoms with van der Waals surface area (Å²) in [4.78, 5) is 37.4. The Labute approximate surface area is 181 Å². The Morgan fingerprint density at radius 3 is 2.42 bits per heavy atom. The zero-order chi connectivity index (χ0) is 21.8. The number of methoxy groups -OCH3 is 2. The first-order chi connectivity index (χ1) is 15.1. The smallest absolute Gasteiger partial charge is 0.325 e. The van der Waals surface area contributed by atoms with E-state index < -0.39 is 0 Å². The first-order valence-electron chi connectivity index (χ1n) is 10.3. The highest BCUT2D eigenvalue weighted by molar-refractivity contribution is 5.96. The fourth-order valence-electron chi connectivity index (χ4n) is 3.95. The van der Waals surface area contributed by atoms with Gasteiger partial charge in [-0.2, -0.15) is 0 Å². The van der Waals surface area contributed by atoms with E-state index >= 15 is 0 Å². The van der Waals surface area contributed by atoms with E-state index in [2.05, 4.69) is 9.88 Å². The van der Waals surface area contributed by atoms with E-state index in [9.17, 15) is 9.59 Å². The van der Waals surface area contributed by atoms with Crippen LogP contribution in [-0.2, 0) is 4.79 Å². The monoisotopic (exact) mass is 425 g/mol. The third kappa shape index (κ3) is 4.35. The Kier molecular flexibility index (Phi) is 6.11. The van der Waals surface area contributed by atoms with Crippen molar-refractivity contribution in [2.75, 3.05) is 69.8 Å². The van der Waals surface area contributed by atoms with Crippen molar-refractivity contribution in [3.63, 3.8) is 0 Å². The molecule has 0 spiro atoms. The van der Waals surface area contributed by atoms with Gasteiger partial charge in [0.2, 0.25) is 5.91 Å². The summed E-state index contributed by atoms with van der Waals surface area (Å²) in [6.07, 6.45) is 1.77. The lowest BCUT2D eigenvalue weighted by atomic mass is 10.2. The molecular formula is C22H27N5O4. The largest absolute Gasteiger partial charge is 0.493 e. The Morgan fingerprint density at radius 2 is 1.74 bits per heavy atom. The van der Waals surface area contributed by atoms with Crippen LogP contribution in [-0.4, -0.2) is 86.8 Å². The Morgan fingerprint density at radius 1 is 0.968 bits per heavy atom. The van der Waals surface area contributed by atoms with Crippen molar-refractivity contribution in [3.05, 3.63) is 42.6 Å². The molecule has 4 rings (SSSR count). The summed E-state index contributed by atoms with van der Waals surface area (Å²) in [5.41, 5.74) is 0.724. The summed E-state index contributed by atoms with van der Waals surface area (Å²) in [7, 11) is 3.13. The van der Waals surface area contributed by atoms with Crippen molar-refractivity contribution >= 4 is 23.4 Å². The van der Waals surface area contributed by atoms with Crippen LogP contribution in [0.2, 0.25) is 0 Å². The summed E-state index contributed by atoms with van der Waals surface area (Å²) >= 11 is 0. The van der Waals surface area contributed by atoms with Gasteiger partial charge in [0.15, 0.2) is 11.5 Å². The minimum atomic E-state index is -0.173. The average molecular weight is 425 g/mol. The van der Waals surface area contributed by atoms with E-state index in [-0.39, 0.29) is 18.5 Å². The number of piperazine rings is 1. The van der Waals surface area contributed by atoms with E-state index in [0.717, 1.165) is 24.6 Å². The maximum absolute atomic E-state index is 12.9. The predicted octanol–water partition coefficient (Wildman–Crippen LogP) is 1.69. The standard InChI is InChI=1S/C22H27N5O4/c1-30-18-7-6-17(15-19(18)31-2)27-14-13-26(22(27)29)16-21(28)25-11-9-24(10-12-25)20-5-3-4-8-23-20/h3-8,15H,9-14,16H2,1-2H3. The Bertz CT molecular complexity index is 931. The minimum absolute atomic E-state index is 0.0248. The number of aromatic nitrogens is 1. The molecule has 0 N–H and O–H groups in total. The van der Waals surface area contributed by atoms with Crippen LogP contribution in [0, 0.1) is 0 Å². The Balaban J connectivity index is 1.33. The minimum Gasteiger partial charge on any atom is -0.493 e. The van der Waals surface area contributed by atoms with Crippen LogP contribution in [0.4, 0.5) is 16.3 Å². The third-order valence-corrected chi connectivity index (χ3v) is 5.71. The number of anilines is 2. The van der Waals surface area contributed by atoms with Gasteiger partial charge in [0, 0.05) is 57.2 Å². The van der Waals surface area contributed by atoms with Gasteiger partial charge in [-0.15, -0.1) is 0 Å². The molecule has 0 aliphatic carbocycles. The van der Waals surface area contributed by atoms with Crippen LogP contribution in [0.1, 0.15) is 0 Å². The zero-order valence-electron chi connectivity index (χ0n) is 17.9. The normalized spacial score (nSPS) is 16.6. The molecule has 3 amide bonds. The van der Waals surface area contributed by atoms with Gasteiger partial charge < -0.3 is 24.2 Å². The van der Waals surface area contributed by atoms with Crippen LogP contribution in [0.5, 0.6) is 11.5 Å². The molecule has 31 heavy (non-hydrogen) atoms. The number of hydrogen-bond acceptors (Lipinski definition) is 6. The second-order valence-electron chi connectivity index (χ2n) is 7.45. The summed E-state index contributed by atoms with van der Waals surface area (Å²) in [6, 6.07) is 11.0. The fraction of sp³-hybridized carbons (Fsp3) is 0.409. The summed E-state index contributed by atoms with van der Waals surface area (Å²) in [5.74, 6) is 2.07. The highest BCUT2D eigenvalue weighted by atomic mass is 16.5. The van der Waals surface area contributed by atoms with Gasteiger partial charge in [-0.1, -0.05) is 6.07 Å². The van der Waals surface area contributed by atoms with Gasteiger partial charge >= 0.3 is 6.03 Å². The predicted molar refractivity (Wildman–Crippen MR) is 117 cm³/mol. The molecule has 0 unspecified atom stereocenters. The SMILES string of the molecule is COc1ccc(N2CCN(CC(=O)N3CCN(c4ccccn4)CC3)C2=O)cc1OC. The maximum atomic E-state index is 12.9. The van der Waals surface area contributed by atoms with Gasteiger partial charge in [0.25, 0.3) is 0 Å². The maximum Gasteiger partial charge on any atom is 0.325 e. The van der Waals surface area contributed by atoms with Crippen molar-refractivity contribution in [1.29, 1.82) is 0 Å². The third-order valence-electron chi connectivity index (χ3n) is 5.71. The molecule has 9 heteroatoms. The summed E-state index contributed by atoms with van der Waals surface area (Å²) in [5, 5.41) is 0. The molecule has 1 aromatic carbocycles. The quantitative estimate of drug-likeness (QED) is 0.701. The molecule has 2 aliphatic heterocycles. The van der Waals surface area contributed by atoms with Crippen LogP contribution < -0.4 is 19.3 Å². The average Bonchev–Trinajstić information content (AvgIpc) is 3.19. The summed E-state index contributed by atoms with van der Waals surface area (Å²) in [6.45, 7) is 3.82. The zero-order valence-corrected chi connectivity index (χ0v) is 17.9. The van der Waals surface area contributed by atoms with Crippen LogP contribution in [0.3, 0.4) is 0 Å². The van der Waals surface area contributed by atoms with E-state index in [1.165, 1.54) is 0 Å². The molecule has 3 heterocycles. The number of pyridine rings is 1. The van der Waals surface area contributed by atoms with Crippen LogP contribution in [0.25, 0.3) is 0 Å². The molecule has 0 bridgehead atoms. The van der Waals surface area contributed by atoms with Crippen molar-refractivity contribution in [2.45, 2.75) is 0 Å². The van der Waals surface area contributed by atoms with Crippen molar-refractivity contribution in [1.82, 2.24) is 14.8 Å². The number of carbonyl (C=O) groups excluding carboxylic acids is 2. The van der Waals surface area contributed by atoms with Gasteiger partial charge in [-0.25, -0.2) is 9.78 Å². The van der Waals surface area contributed by atoms with E-state index in [4.69, 9.17) is 9.47 Å². The second kappa shape index (κ2) is 9.11. The molecular weight excluding hydrogens is 398 g/mol. The first kappa shape index (κ1) is 20.8. The summed E-state index contributed by atoms with van der Waals surface area (Å²) < 4.78 is 10.6. The lowest BCUT2D eigenvalue weighted by Crippen LogP contribution is -2.51. The number of carbonyl (C=O) groups is 2. The lowest BCUT2D eigenvalue weighted by Gasteiger charge is -2.36. The topological polar surface area (TPSA) is 78.5 Å². The molecule has 164 valence electrons.